The number of hydrogen-bond acceptors (Lipinski definition) is 4. The van der Waals surface area contributed by atoms with Gasteiger partial charge in [-0.1, -0.05) is 19.8 Å². The number of nitrogens with one attached hydrogen (secondary N) is 2. The molecule has 112 valence electrons. The average molecular weight is 279 g/mol. The van der Waals surface area contributed by atoms with Crippen molar-refractivity contribution < 1.29 is 9.53 Å². The molecular formula is C15H25N3O2. The van der Waals surface area contributed by atoms with Crippen LogP contribution < -0.4 is 10.6 Å². The summed E-state index contributed by atoms with van der Waals surface area (Å²) in [4.78, 5) is 16.0. The van der Waals surface area contributed by atoms with Gasteiger partial charge in [0, 0.05) is 38.7 Å². The van der Waals surface area contributed by atoms with Crippen LogP contribution in [0.1, 0.15) is 43.1 Å². The molecule has 1 aromatic rings. The number of aromatic nitrogens is 1. The zero-order chi connectivity index (χ0) is 14.6. The van der Waals surface area contributed by atoms with Gasteiger partial charge >= 0.3 is 0 Å². The summed E-state index contributed by atoms with van der Waals surface area (Å²) in [6.07, 6.45) is 6.01. The Labute approximate surface area is 121 Å². The van der Waals surface area contributed by atoms with Crippen molar-refractivity contribution in [2.24, 2.45) is 0 Å². The molecule has 0 saturated heterocycles. The minimum Gasteiger partial charge on any atom is -0.385 e. The summed E-state index contributed by atoms with van der Waals surface area (Å²) in [5.41, 5.74) is 1.39. The fourth-order valence-electron chi connectivity index (χ4n) is 1.78. The minimum atomic E-state index is -0.140. The Morgan fingerprint density at radius 1 is 1.30 bits per heavy atom. The third-order valence-corrected chi connectivity index (χ3v) is 2.91. The molecule has 0 saturated carbocycles. The molecule has 0 fully saturated rings. The third-order valence-electron chi connectivity index (χ3n) is 2.91. The zero-order valence-corrected chi connectivity index (χ0v) is 12.4. The van der Waals surface area contributed by atoms with Crippen molar-refractivity contribution in [3.63, 3.8) is 0 Å². The van der Waals surface area contributed by atoms with Crippen molar-refractivity contribution in [2.45, 2.75) is 32.6 Å². The number of amides is 1. The topological polar surface area (TPSA) is 63.2 Å². The van der Waals surface area contributed by atoms with Gasteiger partial charge in [-0.3, -0.25) is 9.78 Å². The Hall–Kier alpha value is -1.62. The molecule has 0 aromatic carbocycles. The van der Waals surface area contributed by atoms with Gasteiger partial charge in [0.25, 0.3) is 5.91 Å². The SMILES string of the molecule is CCCCCNc1ccnc(C(=O)NCCCOC)c1. The predicted molar refractivity (Wildman–Crippen MR) is 81.1 cm³/mol. The van der Waals surface area contributed by atoms with E-state index in [1.165, 1.54) is 12.8 Å². The molecule has 5 nitrogen and oxygen atoms in total. The Morgan fingerprint density at radius 3 is 2.90 bits per heavy atom. The van der Waals surface area contributed by atoms with E-state index in [9.17, 15) is 4.79 Å². The lowest BCUT2D eigenvalue weighted by Gasteiger charge is -2.08. The standard InChI is InChI=1S/C15H25N3O2/c1-3-4-5-8-16-13-7-10-17-14(12-13)15(19)18-9-6-11-20-2/h7,10,12H,3-6,8-9,11H2,1-2H3,(H,16,17)(H,18,19). The quantitative estimate of drug-likeness (QED) is 0.646. The van der Waals surface area contributed by atoms with Gasteiger partial charge in [0.15, 0.2) is 0 Å². The Kier molecular flexibility index (Phi) is 8.38. The van der Waals surface area contributed by atoms with Crippen LogP contribution in [-0.2, 0) is 4.74 Å². The molecule has 0 aliphatic rings. The van der Waals surface area contributed by atoms with E-state index in [-0.39, 0.29) is 5.91 Å². The first-order chi connectivity index (χ1) is 9.77. The fourth-order valence-corrected chi connectivity index (χ4v) is 1.78. The van der Waals surface area contributed by atoms with Gasteiger partial charge in [-0.2, -0.15) is 0 Å². The molecule has 1 aromatic heterocycles. The summed E-state index contributed by atoms with van der Waals surface area (Å²) in [5, 5.41) is 6.14. The lowest BCUT2D eigenvalue weighted by molar-refractivity contribution is 0.0943. The average Bonchev–Trinajstić information content (AvgIpc) is 2.48. The molecule has 2 N–H and O–H groups in total. The van der Waals surface area contributed by atoms with Crippen LogP contribution in [0.15, 0.2) is 18.3 Å². The number of ether oxygens (including phenoxy) is 1. The summed E-state index contributed by atoms with van der Waals surface area (Å²) in [6, 6.07) is 3.67. The maximum Gasteiger partial charge on any atom is 0.269 e. The smallest absolute Gasteiger partial charge is 0.269 e. The summed E-state index contributed by atoms with van der Waals surface area (Å²) < 4.78 is 4.94. The van der Waals surface area contributed by atoms with Gasteiger partial charge in [-0.15, -0.1) is 0 Å². The normalized spacial score (nSPS) is 10.3. The van der Waals surface area contributed by atoms with E-state index in [4.69, 9.17) is 4.74 Å². The monoisotopic (exact) mass is 279 g/mol. The lowest BCUT2D eigenvalue weighted by Crippen LogP contribution is -2.26. The number of carbonyl (C=O) groups is 1. The predicted octanol–water partition coefficient (Wildman–Crippen LogP) is 2.45. The maximum atomic E-state index is 11.9. The second-order valence-corrected chi connectivity index (χ2v) is 4.67. The van der Waals surface area contributed by atoms with E-state index in [0.29, 0.717) is 18.8 Å². The number of methoxy groups -OCH3 is 1. The summed E-state index contributed by atoms with van der Waals surface area (Å²) in [5.74, 6) is -0.140. The van der Waals surface area contributed by atoms with Crippen LogP contribution in [0, 0.1) is 0 Å². The van der Waals surface area contributed by atoms with Crippen LogP contribution in [0.5, 0.6) is 0 Å². The molecule has 0 atom stereocenters. The van der Waals surface area contributed by atoms with E-state index in [1.54, 1.807) is 19.4 Å². The van der Waals surface area contributed by atoms with Crippen molar-refractivity contribution in [3.8, 4) is 0 Å². The molecule has 0 radical (unpaired) electrons. The fraction of sp³-hybridized carbons (Fsp3) is 0.600. The van der Waals surface area contributed by atoms with Crippen molar-refractivity contribution >= 4 is 11.6 Å². The lowest BCUT2D eigenvalue weighted by atomic mass is 10.2. The molecule has 0 aliphatic carbocycles. The van der Waals surface area contributed by atoms with E-state index in [1.807, 2.05) is 6.07 Å². The van der Waals surface area contributed by atoms with Crippen molar-refractivity contribution in [3.05, 3.63) is 24.0 Å². The molecule has 1 amide bonds. The van der Waals surface area contributed by atoms with Crippen molar-refractivity contribution in [2.75, 3.05) is 32.1 Å². The number of unbranched alkanes of at least 4 members (excludes halogenated alkanes) is 2. The number of nitrogens with zero attached hydrogens (tertiary/aromatic N) is 1. The number of carbonyl (C=O) groups excluding carboxylic acids is 1. The highest BCUT2D eigenvalue weighted by atomic mass is 16.5. The molecule has 0 bridgehead atoms. The van der Waals surface area contributed by atoms with E-state index in [2.05, 4.69) is 22.5 Å². The van der Waals surface area contributed by atoms with Crippen LogP contribution in [0.3, 0.4) is 0 Å². The molecule has 1 rings (SSSR count). The first-order valence-electron chi connectivity index (χ1n) is 7.25. The molecule has 5 heteroatoms. The minimum absolute atomic E-state index is 0.140. The second kappa shape index (κ2) is 10.2. The van der Waals surface area contributed by atoms with Crippen molar-refractivity contribution in [1.82, 2.24) is 10.3 Å². The Balaban J connectivity index is 2.39. The Bertz CT molecular complexity index is 396. The van der Waals surface area contributed by atoms with Crippen LogP contribution in [0.25, 0.3) is 0 Å². The van der Waals surface area contributed by atoms with E-state index >= 15 is 0 Å². The van der Waals surface area contributed by atoms with Crippen LogP contribution in [0.4, 0.5) is 5.69 Å². The van der Waals surface area contributed by atoms with Crippen LogP contribution in [0.2, 0.25) is 0 Å². The van der Waals surface area contributed by atoms with E-state index < -0.39 is 0 Å². The molecule has 0 spiro atoms. The van der Waals surface area contributed by atoms with E-state index in [0.717, 1.165) is 25.1 Å². The maximum absolute atomic E-state index is 11.9. The van der Waals surface area contributed by atoms with Crippen molar-refractivity contribution in [1.29, 1.82) is 0 Å². The summed E-state index contributed by atoms with van der Waals surface area (Å²) >= 11 is 0. The van der Waals surface area contributed by atoms with Gasteiger partial charge in [0.05, 0.1) is 0 Å². The van der Waals surface area contributed by atoms with Gasteiger partial charge in [-0.05, 0) is 25.0 Å². The number of pyridine rings is 1. The molecule has 1 heterocycles. The molecule has 20 heavy (non-hydrogen) atoms. The highest BCUT2D eigenvalue weighted by molar-refractivity contribution is 5.93. The van der Waals surface area contributed by atoms with Crippen LogP contribution in [-0.4, -0.2) is 37.7 Å². The Morgan fingerprint density at radius 2 is 2.15 bits per heavy atom. The first-order valence-corrected chi connectivity index (χ1v) is 7.25. The van der Waals surface area contributed by atoms with Crippen LogP contribution >= 0.6 is 0 Å². The number of rotatable bonds is 10. The molecular weight excluding hydrogens is 254 g/mol. The second-order valence-electron chi connectivity index (χ2n) is 4.67. The third kappa shape index (κ3) is 6.52. The van der Waals surface area contributed by atoms with Gasteiger partial charge in [-0.25, -0.2) is 0 Å². The summed E-state index contributed by atoms with van der Waals surface area (Å²) in [6.45, 7) is 4.35. The number of hydrogen-bond donors (Lipinski definition) is 2. The first kappa shape index (κ1) is 16.4. The number of anilines is 1. The van der Waals surface area contributed by atoms with Gasteiger partial charge in [0.1, 0.15) is 5.69 Å². The summed E-state index contributed by atoms with van der Waals surface area (Å²) in [7, 11) is 1.65. The molecule has 0 aliphatic heterocycles. The zero-order valence-electron chi connectivity index (χ0n) is 12.4. The highest BCUT2D eigenvalue weighted by Gasteiger charge is 2.06. The largest absolute Gasteiger partial charge is 0.385 e. The molecule has 0 unspecified atom stereocenters. The highest BCUT2D eigenvalue weighted by Crippen LogP contribution is 2.08. The van der Waals surface area contributed by atoms with Gasteiger partial charge < -0.3 is 15.4 Å². The van der Waals surface area contributed by atoms with Gasteiger partial charge in [0.2, 0.25) is 0 Å².